The van der Waals surface area contributed by atoms with Crippen molar-refractivity contribution in [2.75, 3.05) is 0 Å². The summed E-state index contributed by atoms with van der Waals surface area (Å²) >= 11 is 5.23. The molecule has 0 fully saturated rings. The van der Waals surface area contributed by atoms with Gasteiger partial charge in [-0.05, 0) is 37.7 Å². The molecule has 0 radical (unpaired) electrons. The van der Waals surface area contributed by atoms with Gasteiger partial charge < -0.3 is 4.98 Å². The van der Waals surface area contributed by atoms with E-state index in [1.807, 2.05) is 36.0 Å². The molecule has 15 heavy (non-hydrogen) atoms. The second-order valence-corrected chi connectivity index (χ2v) is 3.82. The minimum atomic E-state index is 0.720. The molecule has 78 valence electrons. The highest BCUT2D eigenvalue weighted by atomic mass is 32.1. The van der Waals surface area contributed by atoms with Crippen LogP contribution in [-0.2, 0) is 6.42 Å². The summed E-state index contributed by atoms with van der Waals surface area (Å²) in [5, 5.41) is 0. The number of aromatic nitrogens is 3. The molecule has 2 aromatic heterocycles. The lowest BCUT2D eigenvalue weighted by Gasteiger charge is -2.06. The first-order chi connectivity index (χ1) is 7.22. The van der Waals surface area contributed by atoms with Crippen LogP contribution in [0.25, 0.3) is 5.69 Å². The summed E-state index contributed by atoms with van der Waals surface area (Å²) in [5.74, 6) is 0. The van der Waals surface area contributed by atoms with Gasteiger partial charge >= 0.3 is 0 Å². The van der Waals surface area contributed by atoms with Crippen molar-refractivity contribution in [3.63, 3.8) is 0 Å². The number of hydrogen-bond donors (Lipinski definition) is 1. The van der Waals surface area contributed by atoms with Crippen molar-refractivity contribution < 1.29 is 0 Å². The van der Waals surface area contributed by atoms with E-state index in [4.69, 9.17) is 12.2 Å². The molecule has 0 unspecified atom stereocenters. The topological polar surface area (TPSA) is 33.6 Å². The number of pyridine rings is 1. The van der Waals surface area contributed by atoms with Gasteiger partial charge in [0.15, 0.2) is 4.77 Å². The zero-order chi connectivity index (χ0) is 10.8. The van der Waals surface area contributed by atoms with E-state index in [0.29, 0.717) is 0 Å². The van der Waals surface area contributed by atoms with Crippen LogP contribution in [0, 0.1) is 11.7 Å². The van der Waals surface area contributed by atoms with Gasteiger partial charge in [0.2, 0.25) is 0 Å². The van der Waals surface area contributed by atoms with E-state index in [9.17, 15) is 0 Å². The van der Waals surface area contributed by atoms with Crippen LogP contribution in [0.3, 0.4) is 0 Å². The highest BCUT2D eigenvalue weighted by Crippen LogP contribution is 2.12. The highest BCUT2D eigenvalue weighted by molar-refractivity contribution is 7.71. The molecule has 0 saturated carbocycles. The van der Waals surface area contributed by atoms with Gasteiger partial charge in [-0.15, -0.1) is 0 Å². The lowest BCUT2D eigenvalue weighted by molar-refractivity contribution is 0.913. The summed E-state index contributed by atoms with van der Waals surface area (Å²) < 4.78 is 2.74. The number of hydrogen-bond acceptors (Lipinski definition) is 2. The van der Waals surface area contributed by atoms with Crippen LogP contribution in [0.4, 0.5) is 0 Å². The van der Waals surface area contributed by atoms with Gasteiger partial charge in [0.05, 0.1) is 11.9 Å². The third-order valence-corrected chi connectivity index (χ3v) is 2.67. The number of aromatic amines is 1. The molecule has 0 aromatic carbocycles. The molecule has 0 bridgehead atoms. The summed E-state index contributed by atoms with van der Waals surface area (Å²) in [5.41, 5.74) is 3.20. The molecule has 1 N–H and O–H groups in total. The molecule has 0 saturated heterocycles. The fourth-order valence-electron chi connectivity index (χ4n) is 1.54. The molecule has 3 nitrogen and oxygen atoms in total. The van der Waals surface area contributed by atoms with E-state index in [-0.39, 0.29) is 0 Å². The summed E-state index contributed by atoms with van der Waals surface area (Å²) in [6, 6.07) is 4.02. The van der Waals surface area contributed by atoms with Crippen LogP contribution in [-0.4, -0.2) is 14.5 Å². The van der Waals surface area contributed by atoms with Gasteiger partial charge in [0.25, 0.3) is 0 Å². The van der Waals surface area contributed by atoms with E-state index in [2.05, 4.69) is 16.9 Å². The van der Waals surface area contributed by atoms with Crippen molar-refractivity contribution in [2.45, 2.75) is 20.3 Å². The van der Waals surface area contributed by atoms with Gasteiger partial charge in [-0.25, -0.2) is 0 Å². The van der Waals surface area contributed by atoms with Gasteiger partial charge in [0, 0.05) is 17.6 Å². The Kier molecular flexibility index (Phi) is 2.68. The Morgan fingerprint density at radius 2 is 2.27 bits per heavy atom. The Labute approximate surface area is 93.8 Å². The minimum Gasteiger partial charge on any atom is -0.337 e. The van der Waals surface area contributed by atoms with Crippen LogP contribution < -0.4 is 0 Å². The maximum atomic E-state index is 5.23. The van der Waals surface area contributed by atoms with E-state index in [0.717, 1.165) is 22.6 Å². The number of nitrogens with zero attached hydrogens (tertiary/aromatic N) is 2. The number of rotatable bonds is 2. The summed E-state index contributed by atoms with van der Waals surface area (Å²) in [7, 11) is 0. The van der Waals surface area contributed by atoms with Crippen LogP contribution >= 0.6 is 12.2 Å². The Bertz CT molecular complexity index is 507. The number of nitrogens with one attached hydrogen (secondary N) is 1. The second-order valence-electron chi connectivity index (χ2n) is 3.43. The smallest absolute Gasteiger partial charge is 0.182 e. The summed E-state index contributed by atoms with van der Waals surface area (Å²) in [6.45, 7) is 4.08. The molecule has 4 heteroatoms. The highest BCUT2D eigenvalue weighted by Gasteiger charge is 2.04. The Balaban J connectivity index is 2.57. The summed E-state index contributed by atoms with van der Waals surface area (Å²) in [4.78, 5) is 7.32. The zero-order valence-electron chi connectivity index (χ0n) is 8.82. The maximum absolute atomic E-state index is 5.23. The van der Waals surface area contributed by atoms with Crippen LogP contribution in [0.2, 0.25) is 0 Å². The van der Waals surface area contributed by atoms with E-state index >= 15 is 0 Å². The standard InChI is InChI=1S/C11H13N3S/c1-3-9-6-13-11(15)14(9)10-5-4-8(2)12-7-10/h4-7H,3H2,1-2H3,(H,13,15). The molecule has 0 aliphatic rings. The molecule has 0 atom stereocenters. The van der Waals surface area contributed by atoms with E-state index in [1.54, 1.807) is 0 Å². The predicted octanol–water partition coefficient (Wildman–Crippen LogP) is 2.80. The lowest BCUT2D eigenvalue weighted by Crippen LogP contribution is -1.99. The van der Waals surface area contributed by atoms with Crippen LogP contribution in [0.15, 0.2) is 24.5 Å². The fraction of sp³-hybridized carbons (Fsp3) is 0.273. The predicted molar refractivity (Wildman–Crippen MR) is 62.9 cm³/mol. The van der Waals surface area contributed by atoms with Crippen LogP contribution in [0.5, 0.6) is 0 Å². The van der Waals surface area contributed by atoms with Crippen molar-refractivity contribution >= 4 is 12.2 Å². The minimum absolute atomic E-state index is 0.720. The summed E-state index contributed by atoms with van der Waals surface area (Å²) in [6.07, 6.45) is 4.74. The third kappa shape index (κ3) is 1.85. The van der Waals surface area contributed by atoms with Crippen LogP contribution in [0.1, 0.15) is 18.3 Å². The molecule has 2 aromatic rings. The zero-order valence-corrected chi connectivity index (χ0v) is 9.64. The van der Waals surface area contributed by atoms with Gasteiger partial charge in [-0.2, -0.15) is 0 Å². The maximum Gasteiger partial charge on any atom is 0.182 e. The molecule has 0 spiro atoms. The van der Waals surface area contributed by atoms with Gasteiger partial charge in [0.1, 0.15) is 0 Å². The molecule has 0 amide bonds. The SMILES string of the molecule is CCc1c[nH]c(=S)n1-c1ccc(C)nc1. The Morgan fingerprint density at radius 3 is 2.87 bits per heavy atom. The first-order valence-electron chi connectivity index (χ1n) is 4.94. The quantitative estimate of drug-likeness (QED) is 0.788. The Morgan fingerprint density at radius 1 is 1.47 bits per heavy atom. The average Bonchev–Trinajstić information content (AvgIpc) is 2.61. The fourth-order valence-corrected chi connectivity index (χ4v) is 1.82. The lowest BCUT2D eigenvalue weighted by atomic mass is 10.3. The molecule has 2 heterocycles. The van der Waals surface area contributed by atoms with E-state index < -0.39 is 0 Å². The molecule has 2 rings (SSSR count). The number of H-pyrrole nitrogens is 1. The first-order valence-corrected chi connectivity index (χ1v) is 5.35. The van der Waals surface area contributed by atoms with Gasteiger partial charge in [-0.3, -0.25) is 9.55 Å². The monoisotopic (exact) mass is 219 g/mol. The van der Waals surface area contributed by atoms with Crippen molar-refractivity contribution in [1.82, 2.24) is 14.5 Å². The molecule has 0 aliphatic carbocycles. The van der Waals surface area contributed by atoms with Crippen molar-refractivity contribution in [1.29, 1.82) is 0 Å². The Hall–Kier alpha value is -1.42. The van der Waals surface area contributed by atoms with Crippen molar-refractivity contribution in [2.24, 2.45) is 0 Å². The first kappa shape index (κ1) is 10.1. The number of aryl methyl sites for hydroxylation is 2. The third-order valence-electron chi connectivity index (χ3n) is 2.37. The second kappa shape index (κ2) is 3.98. The van der Waals surface area contributed by atoms with E-state index in [1.165, 1.54) is 5.69 Å². The average molecular weight is 219 g/mol. The normalized spacial score (nSPS) is 10.5. The molecular formula is C11H13N3S. The molecule has 0 aliphatic heterocycles. The van der Waals surface area contributed by atoms with Crippen molar-refractivity contribution in [3.8, 4) is 5.69 Å². The number of imidazole rings is 1. The molecular weight excluding hydrogens is 206 g/mol. The largest absolute Gasteiger partial charge is 0.337 e. The van der Waals surface area contributed by atoms with Crippen molar-refractivity contribution in [3.05, 3.63) is 40.7 Å². The van der Waals surface area contributed by atoms with Gasteiger partial charge in [-0.1, -0.05) is 6.92 Å².